The average Bonchev–Trinajstić information content (AvgIpc) is 2.85. The molecule has 0 fully saturated rings. The number of aromatic nitrogens is 1. The van der Waals surface area contributed by atoms with E-state index in [0.717, 1.165) is 10.6 Å². The van der Waals surface area contributed by atoms with Crippen molar-refractivity contribution in [1.82, 2.24) is 10.3 Å². The molecule has 0 aliphatic heterocycles. The van der Waals surface area contributed by atoms with Crippen LogP contribution in [0.5, 0.6) is 0 Å². The Morgan fingerprint density at radius 3 is 2.80 bits per heavy atom. The number of nitrogens with zero attached hydrogens (tertiary/aromatic N) is 1. The van der Waals surface area contributed by atoms with Crippen LogP contribution in [-0.4, -0.2) is 28.5 Å². The van der Waals surface area contributed by atoms with Gasteiger partial charge in [0.25, 0.3) is 0 Å². The van der Waals surface area contributed by atoms with Crippen molar-refractivity contribution >= 4 is 34.8 Å². The van der Waals surface area contributed by atoms with Gasteiger partial charge in [0.05, 0.1) is 17.1 Å². The normalized spacial score (nSPS) is 10.2. The summed E-state index contributed by atoms with van der Waals surface area (Å²) >= 11 is 7.47. The number of carboxylic acids is 1. The molecule has 0 bridgehead atoms. The first kappa shape index (κ1) is 14.5. The summed E-state index contributed by atoms with van der Waals surface area (Å²) in [5.41, 5.74) is 1.41. The fraction of sp³-hybridized carbons (Fsp3) is 0.154. The van der Waals surface area contributed by atoms with Crippen LogP contribution in [0.4, 0.5) is 0 Å². The Balaban J connectivity index is 2.04. The summed E-state index contributed by atoms with van der Waals surface area (Å²) in [7, 11) is 0. The third kappa shape index (κ3) is 3.79. The first-order valence-electron chi connectivity index (χ1n) is 5.74. The maximum absolute atomic E-state index is 11.5. The van der Waals surface area contributed by atoms with Crippen LogP contribution < -0.4 is 5.32 Å². The largest absolute Gasteiger partial charge is 0.480 e. The highest BCUT2D eigenvalue weighted by Crippen LogP contribution is 2.30. The molecule has 7 heteroatoms. The second-order valence-corrected chi connectivity index (χ2v) is 5.24. The fourth-order valence-electron chi connectivity index (χ4n) is 1.55. The minimum absolute atomic E-state index is 0.0498. The van der Waals surface area contributed by atoms with Crippen molar-refractivity contribution < 1.29 is 14.7 Å². The maximum Gasteiger partial charge on any atom is 0.322 e. The Morgan fingerprint density at radius 1 is 1.35 bits per heavy atom. The molecule has 1 amide bonds. The number of thiazole rings is 1. The summed E-state index contributed by atoms with van der Waals surface area (Å²) in [6.07, 6.45) is 0.0498. The van der Waals surface area contributed by atoms with Crippen molar-refractivity contribution in [1.29, 1.82) is 0 Å². The number of halogens is 1. The monoisotopic (exact) mass is 310 g/mol. The highest BCUT2D eigenvalue weighted by Gasteiger charge is 2.11. The van der Waals surface area contributed by atoms with Crippen LogP contribution in [0.15, 0.2) is 29.6 Å². The van der Waals surface area contributed by atoms with Crippen molar-refractivity contribution in [2.24, 2.45) is 0 Å². The standard InChI is InChI=1S/C13H11ClN2O3S/c14-10-4-2-1-3-9(10)13-16-8(7-20-13)5-11(17)15-6-12(18)19/h1-4,7H,5-6H2,(H,15,17)(H,18,19). The predicted octanol–water partition coefficient (Wildman–Crippen LogP) is 2.21. The smallest absolute Gasteiger partial charge is 0.322 e. The molecule has 0 saturated carbocycles. The lowest BCUT2D eigenvalue weighted by molar-refractivity contribution is -0.137. The van der Waals surface area contributed by atoms with Crippen molar-refractivity contribution in [3.05, 3.63) is 40.4 Å². The Labute approximate surface area is 124 Å². The number of carbonyl (C=O) groups is 2. The van der Waals surface area contributed by atoms with E-state index in [4.69, 9.17) is 16.7 Å². The van der Waals surface area contributed by atoms with Gasteiger partial charge < -0.3 is 10.4 Å². The number of amides is 1. The molecule has 2 aromatic rings. The molecule has 0 spiro atoms. The summed E-state index contributed by atoms with van der Waals surface area (Å²) in [6.45, 7) is -0.389. The third-order valence-electron chi connectivity index (χ3n) is 2.43. The van der Waals surface area contributed by atoms with E-state index in [-0.39, 0.29) is 18.9 Å². The highest BCUT2D eigenvalue weighted by atomic mass is 35.5. The van der Waals surface area contributed by atoms with E-state index in [1.807, 2.05) is 18.2 Å². The van der Waals surface area contributed by atoms with E-state index < -0.39 is 5.97 Å². The number of aliphatic carboxylic acids is 1. The molecule has 5 nitrogen and oxygen atoms in total. The number of nitrogens with one attached hydrogen (secondary N) is 1. The van der Waals surface area contributed by atoms with Crippen molar-refractivity contribution in [2.75, 3.05) is 6.54 Å². The van der Waals surface area contributed by atoms with Crippen LogP contribution in [0.25, 0.3) is 10.6 Å². The number of carboxylic acid groups (broad SMARTS) is 1. The molecule has 0 saturated heterocycles. The summed E-state index contributed by atoms with van der Waals surface area (Å²) in [6, 6.07) is 7.33. The van der Waals surface area contributed by atoms with Crippen molar-refractivity contribution in [3.63, 3.8) is 0 Å². The molecular formula is C13H11ClN2O3S. The molecule has 0 aliphatic rings. The van der Waals surface area contributed by atoms with E-state index in [0.29, 0.717) is 10.7 Å². The number of carbonyl (C=O) groups excluding carboxylic acids is 1. The zero-order chi connectivity index (χ0) is 14.5. The molecule has 1 aromatic carbocycles. The Morgan fingerprint density at radius 2 is 2.10 bits per heavy atom. The van der Waals surface area contributed by atoms with Crippen LogP contribution in [0, 0.1) is 0 Å². The molecule has 0 unspecified atom stereocenters. The van der Waals surface area contributed by atoms with Crippen LogP contribution in [0.3, 0.4) is 0 Å². The van der Waals surface area contributed by atoms with Crippen LogP contribution in [-0.2, 0) is 16.0 Å². The molecule has 20 heavy (non-hydrogen) atoms. The van der Waals surface area contributed by atoms with E-state index in [1.165, 1.54) is 11.3 Å². The van der Waals surface area contributed by atoms with E-state index in [9.17, 15) is 9.59 Å². The van der Waals surface area contributed by atoms with Gasteiger partial charge in [-0.05, 0) is 6.07 Å². The van der Waals surface area contributed by atoms with Gasteiger partial charge in [-0.3, -0.25) is 9.59 Å². The fourth-order valence-corrected chi connectivity index (χ4v) is 2.69. The molecule has 2 rings (SSSR count). The lowest BCUT2D eigenvalue weighted by atomic mass is 10.2. The predicted molar refractivity (Wildman–Crippen MR) is 76.9 cm³/mol. The van der Waals surface area contributed by atoms with Gasteiger partial charge in [0.1, 0.15) is 11.6 Å². The van der Waals surface area contributed by atoms with Crippen LogP contribution in [0.2, 0.25) is 5.02 Å². The Kier molecular flexibility index (Phi) is 4.70. The minimum atomic E-state index is -1.08. The van der Waals surface area contributed by atoms with E-state index >= 15 is 0 Å². The molecule has 1 aromatic heterocycles. The summed E-state index contributed by atoms with van der Waals surface area (Å²) in [5.74, 6) is -1.45. The number of hydrogen-bond acceptors (Lipinski definition) is 4. The van der Waals surface area contributed by atoms with Gasteiger partial charge in [0.15, 0.2) is 0 Å². The van der Waals surface area contributed by atoms with Gasteiger partial charge in [-0.25, -0.2) is 4.98 Å². The van der Waals surface area contributed by atoms with Crippen molar-refractivity contribution in [2.45, 2.75) is 6.42 Å². The number of benzene rings is 1. The number of rotatable bonds is 5. The summed E-state index contributed by atoms with van der Waals surface area (Å²) < 4.78 is 0. The van der Waals surface area contributed by atoms with Crippen molar-refractivity contribution in [3.8, 4) is 10.6 Å². The Bertz CT molecular complexity index is 642. The molecule has 104 valence electrons. The first-order valence-corrected chi connectivity index (χ1v) is 7.00. The SMILES string of the molecule is O=C(O)CNC(=O)Cc1csc(-c2ccccc2Cl)n1. The van der Waals surface area contributed by atoms with E-state index in [1.54, 1.807) is 11.4 Å². The molecule has 0 radical (unpaired) electrons. The van der Waals surface area contributed by atoms with Gasteiger partial charge in [-0.1, -0.05) is 29.8 Å². The zero-order valence-electron chi connectivity index (χ0n) is 10.3. The first-order chi connectivity index (χ1) is 9.56. The zero-order valence-corrected chi connectivity index (χ0v) is 11.9. The highest BCUT2D eigenvalue weighted by molar-refractivity contribution is 7.13. The third-order valence-corrected chi connectivity index (χ3v) is 3.69. The molecular weight excluding hydrogens is 300 g/mol. The Hall–Kier alpha value is -1.92. The van der Waals surface area contributed by atoms with Gasteiger partial charge >= 0.3 is 5.97 Å². The summed E-state index contributed by atoms with van der Waals surface area (Å²) in [5, 5.41) is 13.9. The molecule has 0 aliphatic carbocycles. The summed E-state index contributed by atoms with van der Waals surface area (Å²) in [4.78, 5) is 26.2. The molecule has 0 atom stereocenters. The minimum Gasteiger partial charge on any atom is -0.480 e. The average molecular weight is 311 g/mol. The van der Waals surface area contributed by atoms with Crippen LogP contribution >= 0.6 is 22.9 Å². The lowest BCUT2D eigenvalue weighted by Crippen LogP contribution is -2.30. The van der Waals surface area contributed by atoms with Gasteiger partial charge in [-0.2, -0.15) is 0 Å². The molecule has 2 N–H and O–H groups in total. The topological polar surface area (TPSA) is 79.3 Å². The van der Waals surface area contributed by atoms with Gasteiger partial charge in [-0.15, -0.1) is 11.3 Å². The van der Waals surface area contributed by atoms with Gasteiger partial charge in [0.2, 0.25) is 5.91 Å². The van der Waals surface area contributed by atoms with Crippen LogP contribution in [0.1, 0.15) is 5.69 Å². The van der Waals surface area contributed by atoms with E-state index in [2.05, 4.69) is 10.3 Å². The lowest BCUT2D eigenvalue weighted by Gasteiger charge is -2.00. The van der Waals surface area contributed by atoms with Gasteiger partial charge in [0, 0.05) is 10.9 Å². The second kappa shape index (κ2) is 6.49. The second-order valence-electron chi connectivity index (χ2n) is 3.97. The molecule has 1 heterocycles. The maximum atomic E-state index is 11.5. The number of hydrogen-bond donors (Lipinski definition) is 2. The quantitative estimate of drug-likeness (QED) is 0.887.